The molecule has 0 bridgehead atoms. The molecule has 0 aliphatic carbocycles. The van der Waals surface area contributed by atoms with Gasteiger partial charge in [0.25, 0.3) is 0 Å². The third kappa shape index (κ3) is 7.04. The standard InChI is InChI=1S/C26H31ClIN4O8P/c1-14(2)38-23(34)15(3)31-41(36,40-19-11-7-9-16-8-5-6-10-17(16)19)37-13-20-21(33)26(4,27)24(39-20)32-12-18(28)22(29)30-25(32)35/h5-12,14-15,20-21,24,33H,13H2,1-4H3,(H,31,36)(H2,29,30,35)/t15-,20-,21-,24-,26-,41-/m1/s1. The van der Waals surface area contributed by atoms with Crippen LogP contribution in [0.2, 0.25) is 0 Å². The van der Waals surface area contributed by atoms with Gasteiger partial charge in [0.1, 0.15) is 34.7 Å². The molecule has 1 aromatic heterocycles. The fourth-order valence-electron chi connectivity index (χ4n) is 4.27. The van der Waals surface area contributed by atoms with Crippen LogP contribution in [0.25, 0.3) is 10.8 Å². The zero-order chi connectivity index (χ0) is 30.1. The van der Waals surface area contributed by atoms with Gasteiger partial charge in [-0.1, -0.05) is 36.4 Å². The van der Waals surface area contributed by atoms with E-state index in [0.717, 1.165) is 9.95 Å². The number of nitrogens with two attached hydrogens (primary N) is 1. The second-order valence-electron chi connectivity index (χ2n) is 9.99. The van der Waals surface area contributed by atoms with Gasteiger partial charge in [0, 0.05) is 11.6 Å². The first kappa shape index (κ1) is 31.7. The zero-order valence-corrected chi connectivity index (χ0v) is 26.5. The quantitative estimate of drug-likeness (QED) is 0.120. The van der Waals surface area contributed by atoms with Crippen LogP contribution in [-0.2, 0) is 23.4 Å². The number of aliphatic hydroxyl groups excluding tert-OH is 1. The number of anilines is 1. The number of ether oxygens (including phenoxy) is 2. The highest BCUT2D eigenvalue weighted by Gasteiger charge is 2.54. The molecule has 1 aliphatic rings. The third-order valence-electron chi connectivity index (χ3n) is 6.34. The maximum atomic E-state index is 14.1. The van der Waals surface area contributed by atoms with Gasteiger partial charge in [-0.3, -0.25) is 13.9 Å². The summed E-state index contributed by atoms with van der Waals surface area (Å²) in [6.07, 6.45) is -2.65. The molecule has 1 aliphatic heterocycles. The molecular weight excluding hydrogens is 690 g/mol. The van der Waals surface area contributed by atoms with Gasteiger partial charge < -0.3 is 24.8 Å². The first-order chi connectivity index (χ1) is 19.2. The topological polar surface area (TPSA) is 164 Å². The molecule has 15 heteroatoms. The van der Waals surface area contributed by atoms with Crippen molar-refractivity contribution >= 4 is 64.5 Å². The Morgan fingerprint density at radius 3 is 2.68 bits per heavy atom. The highest BCUT2D eigenvalue weighted by Crippen LogP contribution is 2.49. The number of rotatable bonds is 10. The number of nitrogens with zero attached hydrogens (tertiary/aromatic N) is 2. The van der Waals surface area contributed by atoms with Gasteiger partial charge in [-0.2, -0.15) is 10.1 Å². The van der Waals surface area contributed by atoms with Gasteiger partial charge in [-0.15, -0.1) is 11.6 Å². The van der Waals surface area contributed by atoms with Crippen LogP contribution < -0.4 is 21.0 Å². The first-order valence-corrected chi connectivity index (χ1v) is 15.7. The van der Waals surface area contributed by atoms with Crippen molar-refractivity contribution in [2.24, 2.45) is 0 Å². The van der Waals surface area contributed by atoms with Crippen LogP contribution in [-0.4, -0.2) is 56.5 Å². The molecule has 0 radical (unpaired) electrons. The van der Waals surface area contributed by atoms with E-state index in [1.807, 2.05) is 40.8 Å². The number of benzene rings is 2. The van der Waals surface area contributed by atoms with Crippen molar-refractivity contribution in [3.63, 3.8) is 0 Å². The van der Waals surface area contributed by atoms with E-state index in [9.17, 15) is 19.3 Å². The van der Waals surface area contributed by atoms with Crippen LogP contribution in [0.5, 0.6) is 5.75 Å². The Hall–Kier alpha value is -2.26. The number of hydrogen-bond donors (Lipinski definition) is 3. The van der Waals surface area contributed by atoms with Crippen LogP contribution >= 0.6 is 41.9 Å². The second-order valence-corrected chi connectivity index (χ2v) is 13.7. The van der Waals surface area contributed by atoms with Gasteiger partial charge >= 0.3 is 19.4 Å². The van der Waals surface area contributed by atoms with Gasteiger partial charge in [-0.25, -0.2) is 9.36 Å². The maximum Gasteiger partial charge on any atom is 0.459 e. The molecule has 0 amide bonds. The summed E-state index contributed by atoms with van der Waals surface area (Å²) in [6.45, 7) is 5.86. The smallest absolute Gasteiger partial charge is 0.459 e. The van der Waals surface area contributed by atoms with Gasteiger partial charge in [0.15, 0.2) is 6.23 Å². The lowest BCUT2D eigenvalue weighted by Crippen LogP contribution is -2.42. The third-order valence-corrected chi connectivity index (χ3v) is 9.21. The van der Waals surface area contributed by atoms with E-state index >= 15 is 0 Å². The Labute approximate surface area is 255 Å². The number of aromatic nitrogens is 2. The summed E-state index contributed by atoms with van der Waals surface area (Å²) in [5, 5.41) is 15.1. The second kappa shape index (κ2) is 12.5. The number of nitrogens with one attached hydrogen (secondary N) is 1. The van der Waals surface area contributed by atoms with Crippen molar-refractivity contribution < 1.29 is 33.0 Å². The summed E-state index contributed by atoms with van der Waals surface area (Å²) in [5.41, 5.74) is 5.01. The lowest BCUT2D eigenvalue weighted by molar-refractivity contribution is -0.149. The normalized spacial score (nSPS) is 24.7. The molecule has 41 heavy (non-hydrogen) atoms. The SMILES string of the molecule is CC(C)OC(=O)[C@@H](C)N[P@@](=O)(OC[C@H]1O[C@@H](n2cc(I)c(N)nc2=O)[C@](C)(Cl)[C@@H]1O)Oc1cccc2ccccc12. The molecule has 1 fully saturated rings. The number of carbonyl (C=O) groups is 1. The minimum absolute atomic E-state index is 0.0456. The number of aliphatic hydroxyl groups is 1. The number of alkyl halides is 1. The van der Waals surface area contributed by atoms with E-state index in [1.54, 1.807) is 38.1 Å². The number of nitrogen functional groups attached to an aromatic ring is 1. The van der Waals surface area contributed by atoms with Crippen LogP contribution in [0.1, 0.15) is 33.9 Å². The number of halogens is 2. The fourth-order valence-corrected chi connectivity index (χ4v) is 6.51. The van der Waals surface area contributed by atoms with E-state index in [0.29, 0.717) is 8.96 Å². The molecule has 0 unspecified atom stereocenters. The maximum absolute atomic E-state index is 14.1. The molecule has 12 nitrogen and oxygen atoms in total. The summed E-state index contributed by atoms with van der Waals surface area (Å²) in [7, 11) is -4.32. The zero-order valence-electron chi connectivity index (χ0n) is 22.7. The van der Waals surface area contributed by atoms with Crippen molar-refractivity contribution in [3.8, 4) is 5.75 Å². The summed E-state index contributed by atoms with van der Waals surface area (Å²) in [4.78, 5) is 27.4. The first-order valence-electron chi connectivity index (χ1n) is 12.7. The van der Waals surface area contributed by atoms with Gasteiger partial charge in [0.2, 0.25) is 0 Å². The molecule has 1 saturated heterocycles. The van der Waals surface area contributed by atoms with Crippen molar-refractivity contribution in [3.05, 3.63) is 62.7 Å². The van der Waals surface area contributed by atoms with E-state index in [1.165, 1.54) is 20.0 Å². The Morgan fingerprint density at radius 2 is 1.98 bits per heavy atom. The molecule has 6 atom stereocenters. The van der Waals surface area contributed by atoms with Gasteiger partial charge in [0.05, 0.1) is 16.3 Å². The van der Waals surface area contributed by atoms with Crippen molar-refractivity contribution in [1.82, 2.24) is 14.6 Å². The molecule has 4 N–H and O–H groups in total. The summed E-state index contributed by atoms with van der Waals surface area (Å²) >= 11 is 8.58. The lowest BCUT2D eigenvalue weighted by atomic mass is 10.0. The van der Waals surface area contributed by atoms with E-state index < -0.39 is 61.5 Å². The minimum Gasteiger partial charge on any atom is -0.462 e. The number of hydrogen-bond acceptors (Lipinski definition) is 10. The van der Waals surface area contributed by atoms with Crippen LogP contribution in [0, 0.1) is 3.57 Å². The van der Waals surface area contributed by atoms with Crippen LogP contribution in [0.15, 0.2) is 53.5 Å². The summed E-state index contributed by atoms with van der Waals surface area (Å²) in [5.74, 6) is -0.379. The van der Waals surface area contributed by atoms with E-state index in [4.69, 9.17) is 35.9 Å². The molecule has 2 aromatic carbocycles. The predicted octanol–water partition coefficient (Wildman–Crippen LogP) is 3.97. The largest absolute Gasteiger partial charge is 0.462 e. The van der Waals surface area contributed by atoms with Crippen LogP contribution in [0.4, 0.5) is 5.82 Å². The Bertz CT molecular complexity index is 1530. The van der Waals surface area contributed by atoms with Crippen LogP contribution in [0.3, 0.4) is 0 Å². The Balaban J connectivity index is 1.60. The molecule has 4 rings (SSSR count). The summed E-state index contributed by atoms with van der Waals surface area (Å²) in [6, 6.07) is 11.4. The molecule has 2 heterocycles. The predicted molar refractivity (Wildman–Crippen MR) is 162 cm³/mol. The minimum atomic E-state index is -4.32. The monoisotopic (exact) mass is 720 g/mol. The molecule has 3 aromatic rings. The fraction of sp³-hybridized carbons (Fsp3) is 0.423. The molecule has 222 valence electrons. The van der Waals surface area contributed by atoms with Gasteiger partial charge in [-0.05, 0) is 61.7 Å². The lowest BCUT2D eigenvalue weighted by Gasteiger charge is -2.27. The van der Waals surface area contributed by atoms with Crippen molar-refractivity contribution in [2.75, 3.05) is 12.3 Å². The molecule has 0 spiro atoms. The summed E-state index contributed by atoms with van der Waals surface area (Å²) < 4.78 is 38.6. The Kier molecular flexibility index (Phi) is 9.69. The number of carbonyl (C=O) groups excluding carboxylic acids is 1. The highest BCUT2D eigenvalue weighted by molar-refractivity contribution is 14.1. The van der Waals surface area contributed by atoms with E-state index in [-0.39, 0.29) is 11.6 Å². The average molecular weight is 721 g/mol. The Morgan fingerprint density at radius 1 is 1.29 bits per heavy atom. The molecular formula is C26H31ClIN4O8P. The average Bonchev–Trinajstić information content (AvgIpc) is 3.13. The number of fused-ring (bicyclic) bond motifs is 1. The highest BCUT2D eigenvalue weighted by atomic mass is 127. The van der Waals surface area contributed by atoms with E-state index in [2.05, 4.69) is 10.1 Å². The van der Waals surface area contributed by atoms with Crippen molar-refractivity contribution in [1.29, 1.82) is 0 Å². The molecule has 0 saturated carbocycles. The number of esters is 1. The van der Waals surface area contributed by atoms with Crippen molar-refractivity contribution in [2.45, 2.75) is 63.2 Å².